The van der Waals surface area contributed by atoms with Gasteiger partial charge in [-0.15, -0.1) is 17.8 Å². The second-order valence-electron chi connectivity index (χ2n) is 8.72. The third kappa shape index (κ3) is 6.01. The standard InChI is InChI=1S/C29H28N6O4S/c1-4-13-31-27(37)22(17-30)29-35(5-2)28(38)25(40-29)18-32-20-9-8-10-21(16-20)33(3)26(36)19-34-14-15-39-24-12-7-6-11-23(24)34/h1,6-12,16,18,32H,5,13-15,19H2,2-3H3,(H,31,37). The number of aromatic nitrogens is 1. The number of carbonyl (C=O) groups is 2. The molecule has 2 aromatic carbocycles. The molecule has 2 N–H and O–H groups in total. The maximum atomic E-state index is 13.1. The molecule has 11 heteroatoms. The van der Waals surface area contributed by atoms with Crippen LogP contribution in [0.15, 0.2) is 53.3 Å². The highest BCUT2D eigenvalue weighted by Crippen LogP contribution is 2.31. The fourth-order valence-corrected chi connectivity index (χ4v) is 5.25. The van der Waals surface area contributed by atoms with Crippen molar-refractivity contribution in [1.29, 1.82) is 5.26 Å². The molecule has 2 heterocycles. The first kappa shape index (κ1) is 28.0. The lowest BCUT2D eigenvalue weighted by Crippen LogP contribution is -2.42. The van der Waals surface area contributed by atoms with Crippen LogP contribution in [0.4, 0.5) is 17.1 Å². The van der Waals surface area contributed by atoms with Crippen molar-refractivity contribution in [2.24, 2.45) is 0 Å². The van der Waals surface area contributed by atoms with Crippen LogP contribution in [0.3, 0.4) is 0 Å². The summed E-state index contributed by atoms with van der Waals surface area (Å²) in [4.78, 5) is 42.1. The number of para-hydroxylation sites is 2. The minimum atomic E-state index is -0.635. The minimum absolute atomic E-state index is 0.0285. The summed E-state index contributed by atoms with van der Waals surface area (Å²) in [6.07, 6.45) is 6.72. The summed E-state index contributed by atoms with van der Waals surface area (Å²) < 4.78 is 7.63. The number of benzene rings is 2. The van der Waals surface area contributed by atoms with E-state index in [9.17, 15) is 19.6 Å². The Morgan fingerprint density at radius 1 is 1.25 bits per heavy atom. The molecule has 40 heavy (non-hydrogen) atoms. The molecule has 0 spiro atoms. The SMILES string of the molecule is C#CCNC(=O)C(C#N)=c1sc(=CNc2cccc(N(C)C(=O)CN3CCOc4ccccc43)c2)c(=O)n1CC. The van der Waals surface area contributed by atoms with Gasteiger partial charge < -0.3 is 25.2 Å². The number of amides is 2. The Hall–Kier alpha value is -5.00. The number of anilines is 3. The number of hydrogen-bond donors (Lipinski definition) is 2. The van der Waals surface area contributed by atoms with Crippen molar-refractivity contribution >= 4 is 52.0 Å². The summed E-state index contributed by atoms with van der Waals surface area (Å²) in [6.45, 7) is 3.33. The lowest BCUT2D eigenvalue weighted by molar-refractivity contribution is -0.117. The number of carbonyl (C=O) groups excluding carboxylic acids is 2. The van der Waals surface area contributed by atoms with Crippen LogP contribution in [-0.2, 0) is 16.1 Å². The van der Waals surface area contributed by atoms with Crippen LogP contribution in [0.25, 0.3) is 11.8 Å². The van der Waals surface area contributed by atoms with Crippen molar-refractivity contribution in [3.05, 3.63) is 68.1 Å². The third-order valence-corrected chi connectivity index (χ3v) is 7.39. The van der Waals surface area contributed by atoms with E-state index in [2.05, 4.69) is 16.6 Å². The summed E-state index contributed by atoms with van der Waals surface area (Å²) in [5.74, 6) is 2.33. The van der Waals surface area contributed by atoms with Gasteiger partial charge >= 0.3 is 0 Å². The zero-order valence-corrected chi connectivity index (χ0v) is 23.0. The molecule has 4 rings (SSSR count). The van der Waals surface area contributed by atoms with Crippen LogP contribution in [0, 0.1) is 23.7 Å². The topological polar surface area (TPSA) is 120 Å². The van der Waals surface area contributed by atoms with E-state index in [1.807, 2.05) is 47.4 Å². The van der Waals surface area contributed by atoms with Gasteiger partial charge in [0.15, 0.2) is 5.57 Å². The van der Waals surface area contributed by atoms with E-state index < -0.39 is 5.91 Å². The summed E-state index contributed by atoms with van der Waals surface area (Å²) in [5.41, 5.74) is 1.71. The fraction of sp³-hybridized carbons (Fsp3) is 0.241. The first-order valence-electron chi connectivity index (χ1n) is 12.5. The third-order valence-electron chi connectivity index (χ3n) is 6.26. The number of likely N-dealkylation sites (N-methyl/N-ethyl adjacent to an activating group) is 1. The van der Waals surface area contributed by atoms with Gasteiger partial charge in [-0.05, 0) is 37.3 Å². The Labute approximate surface area is 235 Å². The molecule has 0 aliphatic carbocycles. The molecule has 1 aliphatic rings. The van der Waals surface area contributed by atoms with Crippen LogP contribution < -0.4 is 39.9 Å². The molecule has 0 fully saturated rings. The number of hydrogen-bond acceptors (Lipinski definition) is 8. The number of ether oxygens (including phenoxy) is 1. The normalized spacial score (nSPS) is 13.3. The van der Waals surface area contributed by atoms with Gasteiger partial charge in [-0.3, -0.25) is 19.0 Å². The van der Waals surface area contributed by atoms with Crippen LogP contribution in [-0.4, -0.2) is 49.7 Å². The Morgan fingerprint density at radius 2 is 2.05 bits per heavy atom. The average molecular weight is 557 g/mol. The molecule has 3 aromatic rings. The van der Waals surface area contributed by atoms with Gasteiger partial charge in [0.05, 0.1) is 25.3 Å². The quantitative estimate of drug-likeness (QED) is 0.399. The summed E-state index contributed by atoms with van der Waals surface area (Å²) in [7, 11) is 1.72. The molecular formula is C29H28N6O4S. The maximum Gasteiger partial charge on any atom is 0.270 e. The summed E-state index contributed by atoms with van der Waals surface area (Å²) in [5, 5.41) is 15.2. The van der Waals surface area contributed by atoms with Gasteiger partial charge in [0.25, 0.3) is 11.5 Å². The van der Waals surface area contributed by atoms with E-state index in [1.54, 1.807) is 31.0 Å². The van der Waals surface area contributed by atoms with Gasteiger partial charge in [0.2, 0.25) is 5.91 Å². The highest BCUT2D eigenvalue weighted by atomic mass is 32.1. The van der Waals surface area contributed by atoms with Gasteiger partial charge in [-0.2, -0.15) is 5.26 Å². The number of nitriles is 1. The minimum Gasteiger partial charge on any atom is -0.490 e. The molecule has 2 amide bonds. The predicted molar refractivity (Wildman–Crippen MR) is 156 cm³/mol. The first-order chi connectivity index (χ1) is 19.4. The van der Waals surface area contributed by atoms with Crippen molar-refractivity contribution in [3.8, 4) is 24.2 Å². The van der Waals surface area contributed by atoms with Gasteiger partial charge in [0, 0.05) is 31.2 Å². The van der Waals surface area contributed by atoms with Crippen molar-refractivity contribution in [2.75, 3.05) is 48.4 Å². The molecule has 0 bridgehead atoms. The van der Waals surface area contributed by atoms with Gasteiger partial charge in [0.1, 0.15) is 27.6 Å². The van der Waals surface area contributed by atoms with E-state index in [0.717, 1.165) is 22.8 Å². The molecule has 0 saturated heterocycles. The smallest absolute Gasteiger partial charge is 0.270 e. The lowest BCUT2D eigenvalue weighted by Gasteiger charge is -2.32. The predicted octanol–water partition coefficient (Wildman–Crippen LogP) is 1.07. The number of nitrogens with one attached hydrogen (secondary N) is 2. The van der Waals surface area contributed by atoms with E-state index in [-0.39, 0.29) is 41.3 Å². The van der Waals surface area contributed by atoms with E-state index in [1.165, 1.54) is 10.8 Å². The molecule has 0 atom stereocenters. The molecule has 10 nitrogen and oxygen atoms in total. The average Bonchev–Trinajstić information content (AvgIpc) is 3.29. The largest absolute Gasteiger partial charge is 0.490 e. The number of nitrogens with zero attached hydrogens (tertiary/aromatic N) is 4. The number of fused-ring (bicyclic) bond motifs is 1. The van der Waals surface area contributed by atoms with Crippen LogP contribution in [0.1, 0.15) is 6.92 Å². The zero-order chi connectivity index (χ0) is 28.6. The van der Waals surface area contributed by atoms with Crippen LogP contribution >= 0.6 is 11.3 Å². The maximum absolute atomic E-state index is 13.1. The molecule has 204 valence electrons. The molecule has 0 unspecified atom stereocenters. The van der Waals surface area contributed by atoms with Crippen LogP contribution in [0.5, 0.6) is 5.75 Å². The Morgan fingerprint density at radius 3 is 2.80 bits per heavy atom. The number of terminal acetylenes is 1. The molecule has 1 aromatic heterocycles. The fourth-order valence-electron chi connectivity index (χ4n) is 4.17. The first-order valence-corrected chi connectivity index (χ1v) is 13.3. The van der Waals surface area contributed by atoms with Crippen molar-refractivity contribution in [3.63, 3.8) is 0 Å². The highest BCUT2D eigenvalue weighted by Gasteiger charge is 2.22. The second-order valence-corrected chi connectivity index (χ2v) is 9.75. The van der Waals surface area contributed by atoms with Crippen molar-refractivity contribution in [1.82, 2.24) is 9.88 Å². The van der Waals surface area contributed by atoms with Crippen molar-refractivity contribution in [2.45, 2.75) is 13.5 Å². The molecule has 0 radical (unpaired) electrons. The summed E-state index contributed by atoms with van der Waals surface area (Å²) >= 11 is 1.03. The van der Waals surface area contributed by atoms with Gasteiger partial charge in [-0.1, -0.05) is 24.1 Å². The Balaban J connectivity index is 1.55. The van der Waals surface area contributed by atoms with Gasteiger partial charge in [-0.25, -0.2) is 0 Å². The van der Waals surface area contributed by atoms with E-state index in [4.69, 9.17) is 11.2 Å². The summed E-state index contributed by atoms with van der Waals surface area (Å²) in [6, 6.07) is 16.8. The highest BCUT2D eigenvalue weighted by molar-refractivity contribution is 7.07. The molecule has 0 saturated carbocycles. The monoisotopic (exact) mass is 556 g/mol. The number of rotatable bonds is 8. The Kier molecular flexibility index (Phi) is 8.89. The second kappa shape index (κ2) is 12.7. The van der Waals surface area contributed by atoms with Crippen LogP contribution in [0.2, 0.25) is 0 Å². The van der Waals surface area contributed by atoms with E-state index >= 15 is 0 Å². The van der Waals surface area contributed by atoms with E-state index in [0.29, 0.717) is 29.1 Å². The number of thiazole rings is 1. The van der Waals surface area contributed by atoms with Crippen molar-refractivity contribution < 1.29 is 14.3 Å². The Bertz CT molecular complexity index is 1690. The molecule has 1 aliphatic heterocycles. The lowest BCUT2D eigenvalue weighted by atomic mass is 10.2. The zero-order valence-electron chi connectivity index (χ0n) is 22.1. The molecular weight excluding hydrogens is 528 g/mol.